The van der Waals surface area contributed by atoms with Crippen molar-refractivity contribution in [3.8, 4) is 5.75 Å². The number of nitrogens with zero attached hydrogens (tertiary/aromatic N) is 1. The second kappa shape index (κ2) is 10.5. The van der Waals surface area contributed by atoms with Gasteiger partial charge in [-0.3, -0.25) is 19.3 Å². The molecular weight excluding hydrogens is 468 g/mol. The molecule has 0 aromatic heterocycles. The maximum atomic E-state index is 12.6. The van der Waals surface area contributed by atoms with Crippen LogP contribution in [0.15, 0.2) is 47.4 Å². The highest BCUT2D eigenvalue weighted by atomic mass is 35.5. The van der Waals surface area contributed by atoms with Gasteiger partial charge < -0.3 is 14.8 Å². The van der Waals surface area contributed by atoms with Crippen molar-refractivity contribution in [1.29, 1.82) is 0 Å². The first-order valence-corrected chi connectivity index (χ1v) is 11.0. The number of carbonyl (C=O) groups is 4. The lowest BCUT2D eigenvalue weighted by Gasteiger charge is -2.18. The number of nitrogens with one attached hydrogen (secondary N) is 1. The lowest BCUT2D eigenvalue weighted by molar-refractivity contribution is -0.148. The molecule has 1 fully saturated rings. The minimum Gasteiger partial charge on any atom is -0.482 e. The van der Waals surface area contributed by atoms with Crippen molar-refractivity contribution >= 4 is 58.1 Å². The smallest absolute Gasteiger partial charge is 0.328 e. The number of methoxy groups -OCH3 is 1. The number of thioether (sulfide) groups is 1. The average molecular weight is 489 g/mol. The molecule has 0 spiro atoms. The maximum absolute atomic E-state index is 12.6. The Labute approximate surface area is 199 Å². The van der Waals surface area contributed by atoms with E-state index in [4.69, 9.17) is 16.3 Å². The quantitative estimate of drug-likeness (QED) is 0.458. The minimum absolute atomic E-state index is 0.151. The number of hydrogen-bond donors (Lipinski definition) is 1. The van der Waals surface area contributed by atoms with Crippen LogP contribution in [0.5, 0.6) is 5.75 Å². The number of esters is 1. The van der Waals surface area contributed by atoms with Crippen molar-refractivity contribution in [1.82, 2.24) is 4.90 Å². The Morgan fingerprint density at radius 3 is 2.52 bits per heavy atom. The molecule has 172 valence electrons. The summed E-state index contributed by atoms with van der Waals surface area (Å²) in [6.45, 7) is 3.13. The Balaban J connectivity index is 1.64. The van der Waals surface area contributed by atoms with E-state index < -0.39 is 23.2 Å². The lowest BCUT2D eigenvalue weighted by atomic mass is 10.2. The molecule has 1 atom stereocenters. The van der Waals surface area contributed by atoms with Crippen LogP contribution in [0.3, 0.4) is 0 Å². The number of hydrogen-bond acceptors (Lipinski definition) is 7. The van der Waals surface area contributed by atoms with Crippen LogP contribution in [0.1, 0.15) is 18.1 Å². The van der Waals surface area contributed by atoms with E-state index in [2.05, 4.69) is 10.1 Å². The highest BCUT2D eigenvalue weighted by molar-refractivity contribution is 8.18. The fourth-order valence-corrected chi connectivity index (χ4v) is 4.09. The van der Waals surface area contributed by atoms with E-state index in [1.54, 1.807) is 30.3 Å². The SMILES string of the molecule is COC(=O)C(C)N1C(=O)S/C(=C/c2ccc(OCC(=O)Nc3ccc(C)cc3)c(Cl)c2)C1=O. The van der Waals surface area contributed by atoms with Gasteiger partial charge in [0.05, 0.1) is 17.0 Å². The molecule has 0 radical (unpaired) electrons. The van der Waals surface area contributed by atoms with Gasteiger partial charge in [0.25, 0.3) is 17.1 Å². The molecule has 1 N–H and O–H groups in total. The Bertz CT molecular complexity index is 1130. The highest BCUT2D eigenvalue weighted by Crippen LogP contribution is 2.35. The molecule has 0 bridgehead atoms. The molecule has 33 heavy (non-hydrogen) atoms. The van der Waals surface area contributed by atoms with Gasteiger partial charge in [0.2, 0.25) is 0 Å². The summed E-state index contributed by atoms with van der Waals surface area (Å²) in [5.74, 6) is -1.32. The maximum Gasteiger partial charge on any atom is 0.328 e. The van der Waals surface area contributed by atoms with E-state index in [-0.39, 0.29) is 22.4 Å². The Kier molecular flexibility index (Phi) is 7.78. The van der Waals surface area contributed by atoms with Crippen molar-refractivity contribution in [2.75, 3.05) is 19.0 Å². The number of carbonyl (C=O) groups excluding carboxylic acids is 4. The molecule has 1 saturated heterocycles. The zero-order valence-electron chi connectivity index (χ0n) is 18.1. The van der Waals surface area contributed by atoms with Crippen LogP contribution in [-0.4, -0.2) is 47.7 Å². The number of aryl methyl sites for hydroxylation is 1. The van der Waals surface area contributed by atoms with E-state index >= 15 is 0 Å². The van der Waals surface area contributed by atoms with E-state index in [1.165, 1.54) is 20.1 Å². The molecule has 1 aliphatic rings. The van der Waals surface area contributed by atoms with Crippen molar-refractivity contribution in [3.05, 3.63) is 63.5 Å². The van der Waals surface area contributed by atoms with E-state index in [0.717, 1.165) is 22.2 Å². The number of rotatable bonds is 7. The van der Waals surface area contributed by atoms with Crippen molar-refractivity contribution in [2.45, 2.75) is 19.9 Å². The van der Waals surface area contributed by atoms with Crippen LogP contribution >= 0.6 is 23.4 Å². The monoisotopic (exact) mass is 488 g/mol. The summed E-state index contributed by atoms with van der Waals surface area (Å²) >= 11 is 6.99. The fraction of sp³-hybridized carbons (Fsp3) is 0.217. The number of ether oxygens (including phenoxy) is 2. The van der Waals surface area contributed by atoms with Gasteiger partial charge in [-0.1, -0.05) is 35.4 Å². The number of amides is 3. The first-order chi connectivity index (χ1) is 15.7. The van der Waals surface area contributed by atoms with Crippen LogP contribution in [0.25, 0.3) is 6.08 Å². The molecule has 2 aromatic rings. The lowest BCUT2D eigenvalue weighted by Crippen LogP contribution is -2.42. The summed E-state index contributed by atoms with van der Waals surface area (Å²) in [7, 11) is 1.19. The molecule has 8 nitrogen and oxygen atoms in total. The number of benzene rings is 2. The molecule has 1 heterocycles. The molecule has 2 aromatic carbocycles. The average Bonchev–Trinajstić information content (AvgIpc) is 3.06. The molecule has 1 unspecified atom stereocenters. The zero-order chi connectivity index (χ0) is 24.1. The third-order valence-electron chi connectivity index (χ3n) is 4.70. The van der Waals surface area contributed by atoms with Gasteiger partial charge in [-0.25, -0.2) is 4.79 Å². The van der Waals surface area contributed by atoms with Gasteiger partial charge in [0.15, 0.2) is 6.61 Å². The second-order valence-corrected chi connectivity index (χ2v) is 8.54. The minimum atomic E-state index is -1.03. The van der Waals surface area contributed by atoms with Gasteiger partial charge in [-0.05, 0) is 61.5 Å². The summed E-state index contributed by atoms with van der Waals surface area (Å²) in [6, 6.07) is 11.1. The highest BCUT2D eigenvalue weighted by Gasteiger charge is 2.41. The van der Waals surface area contributed by atoms with Crippen molar-refractivity contribution < 1.29 is 28.7 Å². The first kappa shape index (κ1) is 24.3. The van der Waals surface area contributed by atoms with E-state index in [9.17, 15) is 19.2 Å². The summed E-state index contributed by atoms with van der Waals surface area (Å²) in [6.07, 6.45) is 1.49. The van der Waals surface area contributed by atoms with Crippen LogP contribution in [0.4, 0.5) is 10.5 Å². The van der Waals surface area contributed by atoms with Gasteiger partial charge in [-0.15, -0.1) is 0 Å². The van der Waals surface area contributed by atoms with Crippen LogP contribution in [-0.2, 0) is 19.1 Å². The van der Waals surface area contributed by atoms with Crippen LogP contribution < -0.4 is 10.1 Å². The van der Waals surface area contributed by atoms with Crippen LogP contribution in [0.2, 0.25) is 5.02 Å². The summed E-state index contributed by atoms with van der Waals surface area (Å²) in [5, 5.41) is 2.40. The Hall–Kier alpha value is -3.30. The van der Waals surface area contributed by atoms with Crippen molar-refractivity contribution in [3.63, 3.8) is 0 Å². The summed E-state index contributed by atoms with van der Waals surface area (Å²) < 4.78 is 10.1. The second-order valence-electron chi connectivity index (χ2n) is 7.14. The molecule has 3 amide bonds. The molecular formula is C23H21ClN2O6S. The third-order valence-corrected chi connectivity index (χ3v) is 5.88. The Morgan fingerprint density at radius 1 is 1.18 bits per heavy atom. The standard InChI is InChI=1S/C23H21ClN2O6S/c1-13-4-7-16(8-5-13)25-20(27)12-32-18-9-6-15(10-17(18)24)11-19-21(28)26(23(30)33-19)14(2)22(29)31-3/h4-11,14H,12H2,1-3H3,(H,25,27)/b19-11+. The van der Waals surface area contributed by atoms with Gasteiger partial charge in [0, 0.05) is 5.69 Å². The van der Waals surface area contributed by atoms with E-state index in [1.807, 2.05) is 19.1 Å². The van der Waals surface area contributed by atoms with Crippen LogP contribution in [0, 0.1) is 6.92 Å². The van der Waals surface area contributed by atoms with Gasteiger partial charge in [-0.2, -0.15) is 0 Å². The topological polar surface area (TPSA) is 102 Å². The molecule has 0 saturated carbocycles. The molecule has 0 aliphatic carbocycles. The Morgan fingerprint density at radius 2 is 1.88 bits per heavy atom. The van der Waals surface area contributed by atoms with Crippen molar-refractivity contribution in [2.24, 2.45) is 0 Å². The summed E-state index contributed by atoms with van der Waals surface area (Å²) in [5.41, 5.74) is 2.29. The number of imide groups is 1. The predicted octanol–water partition coefficient (Wildman–Crippen LogP) is 4.26. The molecule has 10 heteroatoms. The largest absolute Gasteiger partial charge is 0.482 e. The number of halogens is 1. The zero-order valence-corrected chi connectivity index (χ0v) is 19.7. The number of anilines is 1. The van der Waals surface area contributed by atoms with Gasteiger partial charge >= 0.3 is 5.97 Å². The molecule has 3 rings (SSSR count). The molecule has 1 aliphatic heterocycles. The van der Waals surface area contributed by atoms with Gasteiger partial charge in [0.1, 0.15) is 11.8 Å². The van der Waals surface area contributed by atoms with E-state index in [0.29, 0.717) is 17.0 Å². The normalized spacial score (nSPS) is 15.5. The fourth-order valence-electron chi connectivity index (χ4n) is 2.94. The summed E-state index contributed by atoms with van der Waals surface area (Å²) in [4.78, 5) is 49.6. The first-order valence-electron chi connectivity index (χ1n) is 9.83. The third kappa shape index (κ3) is 5.94. The predicted molar refractivity (Wildman–Crippen MR) is 126 cm³/mol.